The minimum Gasteiger partial charge on any atom is -0.309 e. The van der Waals surface area contributed by atoms with Gasteiger partial charge in [0, 0.05) is 30.4 Å². The number of hydrogen-bond donors (Lipinski definition) is 1. The molecule has 84 valence electrons. The van der Waals surface area contributed by atoms with E-state index in [9.17, 15) is 0 Å². The number of thioether (sulfide) groups is 1. The Kier molecular flexibility index (Phi) is 5.28. The fourth-order valence-electron chi connectivity index (χ4n) is 2.06. The molecule has 1 heterocycles. The molecule has 0 aromatic heterocycles. The second-order valence-electron chi connectivity index (χ2n) is 4.45. The smallest absolute Gasteiger partial charge is 0.0212 e. The molecule has 3 atom stereocenters. The van der Waals surface area contributed by atoms with Crippen molar-refractivity contribution in [1.29, 1.82) is 0 Å². The zero-order chi connectivity index (χ0) is 10.6. The topological polar surface area (TPSA) is 15.3 Å². The molecule has 14 heavy (non-hydrogen) atoms. The van der Waals surface area contributed by atoms with Gasteiger partial charge in [0.25, 0.3) is 0 Å². The molecule has 1 aliphatic rings. The molecule has 3 heteroatoms. The summed E-state index contributed by atoms with van der Waals surface area (Å²) in [5, 5.41) is 3.71. The molecule has 0 radical (unpaired) electrons. The van der Waals surface area contributed by atoms with E-state index in [1.807, 2.05) is 11.8 Å². The van der Waals surface area contributed by atoms with E-state index in [1.54, 1.807) is 0 Å². The fourth-order valence-corrected chi connectivity index (χ4v) is 2.75. The molecule has 0 saturated carbocycles. The number of likely N-dealkylation sites (tertiary alicyclic amines) is 1. The quantitative estimate of drug-likeness (QED) is 0.754. The van der Waals surface area contributed by atoms with Crippen LogP contribution in [0.4, 0.5) is 0 Å². The van der Waals surface area contributed by atoms with Crippen molar-refractivity contribution in [2.24, 2.45) is 0 Å². The van der Waals surface area contributed by atoms with E-state index in [0.717, 1.165) is 6.04 Å². The van der Waals surface area contributed by atoms with E-state index in [0.29, 0.717) is 12.1 Å². The number of hydrogen-bond acceptors (Lipinski definition) is 3. The zero-order valence-electron chi connectivity index (χ0n) is 9.92. The Morgan fingerprint density at radius 1 is 1.57 bits per heavy atom. The number of likely N-dealkylation sites (N-methyl/N-ethyl adjacent to an activating group) is 1. The van der Waals surface area contributed by atoms with Crippen molar-refractivity contribution < 1.29 is 0 Å². The minimum absolute atomic E-state index is 0.656. The molecule has 1 aliphatic heterocycles. The summed E-state index contributed by atoms with van der Waals surface area (Å²) in [6.45, 7) is 8.05. The van der Waals surface area contributed by atoms with Crippen LogP contribution >= 0.6 is 11.8 Å². The van der Waals surface area contributed by atoms with Gasteiger partial charge in [0.2, 0.25) is 0 Å². The fraction of sp³-hybridized carbons (Fsp3) is 1.00. The van der Waals surface area contributed by atoms with Crippen molar-refractivity contribution >= 4 is 11.8 Å². The Balaban J connectivity index is 2.18. The van der Waals surface area contributed by atoms with Gasteiger partial charge >= 0.3 is 0 Å². The summed E-state index contributed by atoms with van der Waals surface area (Å²) >= 11 is 2.03. The lowest BCUT2D eigenvalue weighted by Gasteiger charge is -2.18. The molecule has 0 aliphatic carbocycles. The third-order valence-corrected chi connectivity index (χ3v) is 4.12. The second kappa shape index (κ2) is 5.99. The molecule has 0 bridgehead atoms. The molecule has 2 nitrogen and oxygen atoms in total. The Morgan fingerprint density at radius 2 is 2.29 bits per heavy atom. The highest BCUT2D eigenvalue weighted by Gasteiger charge is 2.26. The molecule has 0 aromatic rings. The molecule has 1 rings (SSSR count). The van der Waals surface area contributed by atoms with Crippen molar-refractivity contribution in [1.82, 2.24) is 10.2 Å². The summed E-state index contributed by atoms with van der Waals surface area (Å²) < 4.78 is 0. The summed E-state index contributed by atoms with van der Waals surface area (Å²) in [7, 11) is 2.22. The summed E-state index contributed by atoms with van der Waals surface area (Å²) in [4.78, 5) is 2.44. The zero-order valence-corrected chi connectivity index (χ0v) is 10.7. The van der Waals surface area contributed by atoms with Crippen LogP contribution in [0.3, 0.4) is 0 Å². The molecule has 3 unspecified atom stereocenters. The standard InChI is InChI=1S/C11H24N2S/c1-5-14-8-9(2)12-11-6-10(3)13(4)7-11/h9-12H,5-8H2,1-4H3. The highest BCUT2D eigenvalue weighted by molar-refractivity contribution is 7.99. The molecule has 1 saturated heterocycles. The van der Waals surface area contributed by atoms with Gasteiger partial charge in [0.15, 0.2) is 0 Å². The SMILES string of the molecule is CCSCC(C)NC1CC(C)N(C)C1. The third kappa shape index (κ3) is 3.79. The number of nitrogens with one attached hydrogen (secondary N) is 1. The van der Waals surface area contributed by atoms with E-state index >= 15 is 0 Å². The Morgan fingerprint density at radius 3 is 2.79 bits per heavy atom. The summed E-state index contributed by atoms with van der Waals surface area (Å²) in [6.07, 6.45) is 1.30. The van der Waals surface area contributed by atoms with Gasteiger partial charge in [-0.3, -0.25) is 0 Å². The second-order valence-corrected chi connectivity index (χ2v) is 5.77. The van der Waals surface area contributed by atoms with Crippen molar-refractivity contribution in [3.05, 3.63) is 0 Å². The molecular formula is C11H24N2S. The van der Waals surface area contributed by atoms with Crippen LogP contribution in [0.1, 0.15) is 27.2 Å². The maximum atomic E-state index is 3.71. The van der Waals surface area contributed by atoms with Crippen LogP contribution in [-0.2, 0) is 0 Å². The van der Waals surface area contributed by atoms with E-state index < -0.39 is 0 Å². The van der Waals surface area contributed by atoms with Crippen molar-refractivity contribution in [3.63, 3.8) is 0 Å². The van der Waals surface area contributed by atoms with Gasteiger partial charge in [-0.05, 0) is 33.1 Å². The van der Waals surface area contributed by atoms with E-state index in [2.05, 4.69) is 38.0 Å². The predicted molar refractivity (Wildman–Crippen MR) is 66.1 cm³/mol. The van der Waals surface area contributed by atoms with Gasteiger partial charge in [0.1, 0.15) is 0 Å². The monoisotopic (exact) mass is 216 g/mol. The molecule has 0 spiro atoms. The van der Waals surface area contributed by atoms with Crippen LogP contribution in [0.15, 0.2) is 0 Å². The Labute approximate surface area is 92.8 Å². The van der Waals surface area contributed by atoms with Gasteiger partial charge in [-0.15, -0.1) is 0 Å². The van der Waals surface area contributed by atoms with Gasteiger partial charge < -0.3 is 10.2 Å². The van der Waals surface area contributed by atoms with Crippen molar-refractivity contribution in [3.8, 4) is 0 Å². The van der Waals surface area contributed by atoms with E-state index in [4.69, 9.17) is 0 Å². The van der Waals surface area contributed by atoms with Crippen LogP contribution in [-0.4, -0.2) is 48.1 Å². The van der Waals surface area contributed by atoms with Gasteiger partial charge in [0.05, 0.1) is 0 Å². The van der Waals surface area contributed by atoms with Crippen molar-refractivity contribution in [2.75, 3.05) is 25.1 Å². The minimum atomic E-state index is 0.656. The highest BCUT2D eigenvalue weighted by Crippen LogP contribution is 2.15. The largest absolute Gasteiger partial charge is 0.309 e. The molecular weight excluding hydrogens is 192 g/mol. The highest BCUT2D eigenvalue weighted by atomic mass is 32.2. The maximum Gasteiger partial charge on any atom is 0.0212 e. The van der Waals surface area contributed by atoms with Crippen LogP contribution in [0.25, 0.3) is 0 Å². The van der Waals surface area contributed by atoms with Gasteiger partial charge in [-0.25, -0.2) is 0 Å². The summed E-state index contributed by atoms with van der Waals surface area (Å²) in [6, 6.07) is 2.12. The van der Waals surface area contributed by atoms with E-state index in [-0.39, 0.29) is 0 Å². The molecule has 0 aromatic carbocycles. The summed E-state index contributed by atoms with van der Waals surface area (Å²) in [5.41, 5.74) is 0. The van der Waals surface area contributed by atoms with Crippen LogP contribution in [0, 0.1) is 0 Å². The molecule has 1 N–H and O–H groups in total. The normalized spacial score (nSPS) is 30.9. The van der Waals surface area contributed by atoms with Crippen LogP contribution in [0.2, 0.25) is 0 Å². The van der Waals surface area contributed by atoms with Gasteiger partial charge in [-0.2, -0.15) is 11.8 Å². The lowest BCUT2D eigenvalue weighted by atomic mass is 10.2. The van der Waals surface area contributed by atoms with E-state index in [1.165, 1.54) is 24.5 Å². The average molecular weight is 216 g/mol. The van der Waals surface area contributed by atoms with Crippen molar-refractivity contribution in [2.45, 2.75) is 45.3 Å². The maximum absolute atomic E-state index is 3.71. The number of rotatable bonds is 5. The predicted octanol–water partition coefficient (Wildman–Crippen LogP) is 1.81. The summed E-state index contributed by atoms with van der Waals surface area (Å²) in [5.74, 6) is 2.47. The lowest BCUT2D eigenvalue weighted by Crippen LogP contribution is -2.39. The Hall–Kier alpha value is 0.270. The first kappa shape index (κ1) is 12.3. The third-order valence-electron chi connectivity index (χ3n) is 2.98. The Bertz CT molecular complexity index is 153. The van der Waals surface area contributed by atoms with Crippen LogP contribution < -0.4 is 5.32 Å². The van der Waals surface area contributed by atoms with Crippen LogP contribution in [0.5, 0.6) is 0 Å². The lowest BCUT2D eigenvalue weighted by molar-refractivity contribution is 0.325. The first-order valence-electron chi connectivity index (χ1n) is 5.67. The first-order chi connectivity index (χ1) is 6.63. The molecule has 0 amide bonds. The average Bonchev–Trinajstić information content (AvgIpc) is 2.42. The number of nitrogens with zero attached hydrogens (tertiary/aromatic N) is 1. The molecule has 1 fully saturated rings. The van der Waals surface area contributed by atoms with Gasteiger partial charge in [-0.1, -0.05) is 6.92 Å². The first-order valence-corrected chi connectivity index (χ1v) is 6.83.